The monoisotopic (exact) mass is 295 g/mol. The Morgan fingerprint density at radius 2 is 2.05 bits per heavy atom. The molecule has 0 unspecified atom stereocenters. The summed E-state index contributed by atoms with van der Waals surface area (Å²) in [6.07, 6.45) is 1.67. The summed E-state index contributed by atoms with van der Waals surface area (Å²) in [6.45, 7) is 0.280. The standard InChI is InChI=1S/C14H10FN7/c15-11-6-2-1-4-9(11)8-22-14-10(5-3-7-16-14)12(19-22)13-17-20-21-18-13/h1-7H,8H2,(H,17,18,20,21). The molecule has 1 N–H and O–H groups in total. The zero-order valence-electron chi connectivity index (χ0n) is 11.3. The molecular formula is C14H10FN7. The zero-order valence-corrected chi connectivity index (χ0v) is 11.3. The van der Waals surface area contributed by atoms with E-state index in [2.05, 4.69) is 30.7 Å². The first-order valence-corrected chi connectivity index (χ1v) is 6.62. The van der Waals surface area contributed by atoms with Crippen LogP contribution in [0.15, 0.2) is 42.6 Å². The molecule has 1 aromatic carbocycles. The fourth-order valence-corrected chi connectivity index (χ4v) is 2.34. The van der Waals surface area contributed by atoms with Gasteiger partial charge in [0, 0.05) is 11.8 Å². The van der Waals surface area contributed by atoms with Gasteiger partial charge < -0.3 is 0 Å². The molecule has 3 heterocycles. The molecule has 4 rings (SSSR count). The number of hydrogen-bond donors (Lipinski definition) is 1. The average Bonchev–Trinajstić information content (AvgIpc) is 3.18. The number of halogens is 1. The largest absolute Gasteiger partial charge is 0.242 e. The van der Waals surface area contributed by atoms with Crippen molar-refractivity contribution in [2.75, 3.05) is 0 Å². The molecule has 0 aliphatic carbocycles. The Balaban J connectivity index is 1.87. The lowest BCUT2D eigenvalue weighted by Crippen LogP contribution is -2.04. The summed E-state index contributed by atoms with van der Waals surface area (Å²) in [6, 6.07) is 10.3. The van der Waals surface area contributed by atoms with Crippen LogP contribution in [-0.4, -0.2) is 35.4 Å². The van der Waals surface area contributed by atoms with Crippen LogP contribution in [0.5, 0.6) is 0 Å². The van der Waals surface area contributed by atoms with E-state index in [9.17, 15) is 4.39 Å². The summed E-state index contributed by atoms with van der Waals surface area (Å²) in [5, 5.41) is 19.0. The maximum atomic E-state index is 13.9. The summed E-state index contributed by atoms with van der Waals surface area (Å²) in [5.74, 6) is 0.176. The average molecular weight is 295 g/mol. The van der Waals surface area contributed by atoms with E-state index >= 15 is 0 Å². The van der Waals surface area contributed by atoms with Crippen molar-refractivity contribution >= 4 is 11.0 Å². The molecule has 0 atom stereocenters. The number of rotatable bonds is 3. The smallest absolute Gasteiger partial charge is 0.200 e. The lowest BCUT2D eigenvalue weighted by molar-refractivity contribution is 0.589. The van der Waals surface area contributed by atoms with Gasteiger partial charge in [0.05, 0.1) is 11.9 Å². The van der Waals surface area contributed by atoms with Crippen molar-refractivity contribution in [2.24, 2.45) is 0 Å². The fourth-order valence-electron chi connectivity index (χ4n) is 2.34. The number of nitrogens with one attached hydrogen (secondary N) is 1. The van der Waals surface area contributed by atoms with Gasteiger partial charge in [0.2, 0.25) is 5.82 Å². The number of H-pyrrole nitrogens is 1. The summed E-state index contributed by atoms with van der Waals surface area (Å²) >= 11 is 0. The Hall–Kier alpha value is -3.16. The number of pyridine rings is 1. The molecule has 0 aliphatic rings. The zero-order chi connectivity index (χ0) is 14.9. The van der Waals surface area contributed by atoms with Gasteiger partial charge in [0.1, 0.15) is 11.5 Å². The van der Waals surface area contributed by atoms with Crippen LogP contribution < -0.4 is 0 Å². The van der Waals surface area contributed by atoms with Gasteiger partial charge in [-0.2, -0.15) is 5.10 Å². The Labute approximate surface area is 123 Å². The first kappa shape index (κ1) is 12.6. The topological polar surface area (TPSA) is 85.2 Å². The first-order chi connectivity index (χ1) is 10.8. The van der Waals surface area contributed by atoms with Gasteiger partial charge in [-0.3, -0.25) is 0 Å². The Morgan fingerprint density at radius 3 is 2.86 bits per heavy atom. The highest BCUT2D eigenvalue weighted by atomic mass is 19.1. The minimum atomic E-state index is -0.273. The van der Waals surface area contributed by atoms with Crippen molar-refractivity contribution in [3.63, 3.8) is 0 Å². The fraction of sp³-hybridized carbons (Fsp3) is 0.0714. The van der Waals surface area contributed by atoms with Crippen LogP contribution in [0, 0.1) is 5.82 Å². The van der Waals surface area contributed by atoms with E-state index in [1.165, 1.54) is 6.07 Å². The maximum Gasteiger partial charge on any atom is 0.200 e. The predicted octanol–water partition coefficient (Wildman–Crippen LogP) is 1.80. The lowest BCUT2D eigenvalue weighted by Gasteiger charge is -2.04. The van der Waals surface area contributed by atoms with E-state index < -0.39 is 0 Å². The lowest BCUT2D eigenvalue weighted by atomic mass is 10.2. The summed E-state index contributed by atoms with van der Waals surface area (Å²) in [5.41, 5.74) is 1.78. The van der Waals surface area contributed by atoms with Gasteiger partial charge in [-0.1, -0.05) is 18.2 Å². The minimum absolute atomic E-state index is 0.273. The molecule has 0 aliphatic heterocycles. The second-order valence-corrected chi connectivity index (χ2v) is 4.72. The quantitative estimate of drug-likeness (QED) is 0.623. The van der Waals surface area contributed by atoms with E-state index in [1.807, 2.05) is 12.1 Å². The molecule has 0 saturated heterocycles. The third-order valence-corrected chi connectivity index (χ3v) is 3.35. The van der Waals surface area contributed by atoms with Gasteiger partial charge in [-0.15, -0.1) is 5.10 Å². The van der Waals surface area contributed by atoms with E-state index in [0.29, 0.717) is 22.7 Å². The van der Waals surface area contributed by atoms with E-state index in [0.717, 1.165) is 5.39 Å². The van der Waals surface area contributed by atoms with Crippen molar-refractivity contribution in [1.29, 1.82) is 0 Å². The second kappa shape index (κ2) is 4.99. The van der Waals surface area contributed by atoms with Crippen molar-refractivity contribution in [3.8, 4) is 11.5 Å². The molecule has 3 aromatic heterocycles. The Kier molecular flexibility index (Phi) is 2.85. The first-order valence-electron chi connectivity index (χ1n) is 6.62. The maximum absolute atomic E-state index is 13.9. The number of nitrogens with zero attached hydrogens (tertiary/aromatic N) is 6. The molecular weight excluding hydrogens is 285 g/mol. The third kappa shape index (κ3) is 2.01. The summed E-state index contributed by atoms with van der Waals surface area (Å²) in [4.78, 5) is 4.33. The van der Waals surface area contributed by atoms with Crippen molar-refractivity contribution in [1.82, 2.24) is 35.4 Å². The van der Waals surface area contributed by atoms with Gasteiger partial charge in [-0.25, -0.2) is 19.2 Å². The Morgan fingerprint density at radius 1 is 1.14 bits per heavy atom. The second-order valence-electron chi connectivity index (χ2n) is 4.72. The highest BCUT2D eigenvalue weighted by Crippen LogP contribution is 2.24. The van der Waals surface area contributed by atoms with Crippen LogP contribution in [0.3, 0.4) is 0 Å². The van der Waals surface area contributed by atoms with Crippen LogP contribution in [-0.2, 0) is 6.54 Å². The molecule has 8 heteroatoms. The van der Waals surface area contributed by atoms with Crippen molar-refractivity contribution < 1.29 is 4.39 Å². The molecule has 0 radical (unpaired) electrons. The van der Waals surface area contributed by atoms with Crippen LogP contribution >= 0.6 is 0 Å². The molecule has 7 nitrogen and oxygen atoms in total. The molecule has 0 saturated carbocycles. The van der Waals surface area contributed by atoms with Crippen molar-refractivity contribution in [2.45, 2.75) is 6.54 Å². The number of hydrogen-bond acceptors (Lipinski definition) is 5. The third-order valence-electron chi connectivity index (χ3n) is 3.35. The van der Waals surface area contributed by atoms with E-state index in [1.54, 1.807) is 29.1 Å². The number of fused-ring (bicyclic) bond motifs is 1. The van der Waals surface area contributed by atoms with Gasteiger partial charge in [0.15, 0.2) is 5.65 Å². The van der Waals surface area contributed by atoms with Crippen LogP contribution in [0.4, 0.5) is 4.39 Å². The number of tetrazole rings is 1. The number of aromatic amines is 1. The molecule has 0 amide bonds. The highest BCUT2D eigenvalue weighted by Gasteiger charge is 2.16. The predicted molar refractivity (Wildman–Crippen MR) is 76.2 cm³/mol. The van der Waals surface area contributed by atoms with Crippen LogP contribution in [0.1, 0.15) is 5.56 Å². The van der Waals surface area contributed by atoms with Gasteiger partial charge >= 0.3 is 0 Å². The van der Waals surface area contributed by atoms with E-state index in [-0.39, 0.29) is 12.4 Å². The SMILES string of the molecule is Fc1ccccc1Cn1nc(-c2nnn[nH]2)c2cccnc21. The molecule has 108 valence electrons. The van der Waals surface area contributed by atoms with Crippen LogP contribution in [0.2, 0.25) is 0 Å². The van der Waals surface area contributed by atoms with E-state index in [4.69, 9.17) is 0 Å². The molecule has 4 aromatic rings. The van der Waals surface area contributed by atoms with Crippen molar-refractivity contribution in [3.05, 3.63) is 54.0 Å². The van der Waals surface area contributed by atoms with Crippen LogP contribution in [0.25, 0.3) is 22.6 Å². The molecule has 22 heavy (non-hydrogen) atoms. The summed E-state index contributed by atoms with van der Waals surface area (Å²) in [7, 11) is 0. The number of benzene rings is 1. The minimum Gasteiger partial charge on any atom is -0.242 e. The highest BCUT2D eigenvalue weighted by molar-refractivity contribution is 5.88. The van der Waals surface area contributed by atoms with Gasteiger partial charge in [-0.05, 0) is 28.6 Å². The molecule has 0 fully saturated rings. The molecule has 0 bridgehead atoms. The molecule has 0 spiro atoms. The number of aromatic nitrogens is 7. The Bertz CT molecular complexity index is 929. The summed E-state index contributed by atoms with van der Waals surface area (Å²) < 4.78 is 15.5. The normalized spacial score (nSPS) is 11.1. The van der Waals surface area contributed by atoms with Gasteiger partial charge in [0.25, 0.3) is 0 Å².